The van der Waals surface area contributed by atoms with Crippen molar-refractivity contribution in [2.75, 3.05) is 0 Å². The van der Waals surface area contributed by atoms with E-state index in [2.05, 4.69) is 4.84 Å². The number of hydrogen-bond acceptors (Lipinski definition) is 2. The maximum absolute atomic E-state index is 6.04. The second kappa shape index (κ2) is 5.52. The van der Waals surface area contributed by atoms with E-state index in [0.717, 1.165) is 16.7 Å². The van der Waals surface area contributed by atoms with Gasteiger partial charge in [0.25, 0.3) is 0 Å². The van der Waals surface area contributed by atoms with Crippen LogP contribution in [0.1, 0.15) is 5.56 Å². The molecule has 0 radical (unpaired) electrons. The van der Waals surface area contributed by atoms with E-state index in [1.165, 1.54) is 0 Å². The van der Waals surface area contributed by atoms with E-state index in [-0.39, 0.29) is 0 Å². The first-order valence-corrected chi connectivity index (χ1v) is 5.82. The second-order valence-corrected chi connectivity index (χ2v) is 4.54. The average molecular weight is 268 g/mol. The van der Waals surface area contributed by atoms with Crippen molar-refractivity contribution in [1.29, 1.82) is 0 Å². The van der Waals surface area contributed by atoms with E-state index in [1.807, 2.05) is 42.5 Å². The van der Waals surface area contributed by atoms with Crippen LogP contribution in [0.15, 0.2) is 42.5 Å². The Balaban J connectivity index is 2.40. The van der Waals surface area contributed by atoms with Gasteiger partial charge in [0.2, 0.25) is 0 Å². The normalized spacial score (nSPS) is 10.5. The van der Waals surface area contributed by atoms with Crippen LogP contribution < -0.4 is 5.90 Å². The first-order chi connectivity index (χ1) is 8.19. The lowest BCUT2D eigenvalue weighted by molar-refractivity contribution is 0.124. The Labute approximate surface area is 110 Å². The highest BCUT2D eigenvalue weighted by atomic mass is 35.5. The molecule has 17 heavy (non-hydrogen) atoms. The van der Waals surface area contributed by atoms with Crippen molar-refractivity contribution < 1.29 is 4.84 Å². The molecule has 88 valence electrons. The van der Waals surface area contributed by atoms with Crippen LogP contribution >= 0.6 is 23.2 Å². The van der Waals surface area contributed by atoms with Crippen molar-refractivity contribution in [2.24, 2.45) is 5.90 Å². The van der Waals surface area contributed by atoms with E-state index in [1.54, 1.807) is 0 Å². The molecular formula is C13H11Cl2NO. The molecule has 0 aromatic heterocycles. The molecule has 0 amide bonds. The highest BCUT2D eigenvalue weighted by Crippen LogP contribution is 2.26. The van der Waals surface area contributed by atoms with Crippen molar-refractivity contribution in [3.05, 3.63) is 58.1 Å². The number of halogens is 2. The Kier molecular flexibility index (Phi) is 4.02. The van der Waals surface area contributed by atoms with Crippen molar-refractivity contribution in [3.8, 4) is 11.1 Å². The van der Waals surface area contributed by atoms with Crippen LogP contribution in [0, 0.1) is 0 Å². The minimum absolute atomic E-state index is 0.334. The maximum Gasteiger partial charge on any atom is 0.0930 e. The van der Waals surface area contributed by atoms with Crippen molar-refractivity contribution in [3.63, 3.8) is 0 Å². The predicted molar refractivity (Wildman–Crippen MR) is 70.9 cm³/mol. The molecule has 0 atom stereocenters. The summed E-state index contributed by atoms with van der Waals surface area (Å²) in [5, 5.41) is 1.37. The van der Waals surface area contributed by atoms with Gasteiger partial charge in [0, 0.05) is 10.0 Å². The minimum atomic E-state index is 0.334. The molecule has 0 heterocycles. The number of rotatable bonds is 3. The summed E-state index contributed by atoms with van der Waals surface area (Å²) in [6.07, 6.45) is 0. The largest absolute Gasteiger partial charge is 0.300 e. The molecule has 0 saturated heterocycles. The monoisotopic (exact) mass is 267 g/mol. The zero-order chi connectivity index (χ0) is 12.3. The Hall–Kier alpha value is -1.06. The fraction of sp³-hybridized carbons (Fsp3) is 0.0769. The minimum Gasteiger partial charge on any atom is -0.300 e. The van der Waals surface area contributed by atoms with Crippen molar-refractivity contribution >= 4 is 23.2 Å². The molecule has 2 aromatic rings. The summed E-state index contributed by atoms with van der Waals surface area (Å²) >= 11 is 11.9. The highest BCUT2D eigenvalue weighted by Gasteiger charge is 2.02. The molecular weight excluding hydrogens is 257 g/mol. The van der Waals surface area contributed by atoms with Crippen molar-refractivity contribution in [2.45, 2.75) is 6.61 Å². The number of nitrogens with two attached hydrogens (primary N) is 1. The van der Waals surface area contributed by atoms with Gasteiger partial charge in [-0.25, -0.2) is 5.90 Å². The second-order valence-electron chi connectivity index (χ2n) is 3.67. The fourth-order valence-corrected chi connectivity index (χ4v) is 2.02. The lowest BCUT2D eigenvalue weighted by atomic mass is 10.0. The predicted octanol–water partition coefficient (Wildman–Crippen LogP) is 4.05. The van der Waals surface area contributed by atoms with E-state index < -0.39 is 0 Å². The highest BCUT2D eigenvalue weighted by molar-refractivity contribution is 6.31. The molecule has 2 nitrogen and oxygen atoms in total. The summed E-state index contributed by atoms with van der Waals surface area (Å²) in [5.41, 5.74) is 3.00. The first-order valence-electron chi connectivity index (χ1n) is 5.06. The van der Waals surface area contributed by atoms with Gasteiger partial charge in [-0.2, -0.15) is 0 Å². The summed E-state index contributed by atoms with van der Waals surface area (Å²) in [6, 6.07) is 13.3. The number of benzene rings is 2. The first kappa shape index (κ1) is 12.4. The van der Waals surface area contributed by atoms with E-state index >= 15 is 0 Å². The molecule has 0 aliphatic carbocycles. The van der Waals surface area contributed by atoms with Gasteiger partial charge in [0.15, 0.2) is 0 Å². The third-order valence-electron chi connectivity index (χ3n) is 2.39. The molecule has 0 bridgehead atoms. The van der Waals surface area contributed by atoms with Gasteiger partial charge in [-0.1, -0.05) is 35.3 Å². The molecule has 0 fully saturated rings. The summed E-state index contributed by atoms with van der Waals surface area (Å²) < 4.78 is 0. The molecule has 4 heteroatoms. The van der Waals surface area contributed by atoms with Crippen LogP contribution in [0.25, 0.3) is 11.1 Å². The van der Waals surface area contributed by atoms with Crippen LogP contribution in [0.5, 0.6) is 0 Å². The molecule has 2 N–H and O–H groups in total. The fourth-order valence-electron chi connectivity index (χ4n) is 1.64. The Morgan fingerprint density at radius 2 is 1.59 bits per heavy atom. The lowest BCUT2D eigenvalue weighted by Crippen LogP contribution is -1.98. The number of hydrogen-bond donors (Lipinski definition) is 1. The topological polar surface area (TPSA) is 35.2 Å². The third kappa shape index (κ3) is 3.20. The molecule has 2 aromatic carbocycles. The van der Waals surface area contributed by atoms with Gasteiger partial charge >= 0.3 is 0 Å². The molecule has 0 saturated carbocycles. The van der Waals surface area contributed by atoms with Gasteiger partial charge in [-0.3, -0.25) is 4.84 Å². The standard InChI is InChI=1S/C13H11Cl2NO/c14-12-3-1-10(2-4-12)11-5-9(8-17-16)6-13(15)7-11/h1-7H,8,16H2. The van der Waals surface area contributed by atoms with Crippen LogP contribution in [0.3, 0.4) is 0 Å². The SMILES string of the molecule is NOCc1cc(Cl)cc(-c2ccc(Cl)cc2)c1. The van der Waals surface area contributed by atoms with E-state index in [4.69, 9.17) is 29.1 Å². The van der Waals surface area contributed by atoms with Crippen LogP contribution in [0.4, 0.5) is 0 Å². The zero-order valence-electron chi connectivity index (χ0n) is 8.99. The van der Waals surface area contributed by atoms with Crippen LogP contribution in [-0.2, 0) is 11.4 Å². The Morgan fingerprint density at radius 3 is 2.24 bits per heavy atom. The van der Waals surface area contributed by atoms with Crippen molar-refractivity contribution in [1.82, 2.24) is 0 Å². The summed E-state index contributed by atoms with van der Waals surface area (Å²) in [6.45, 7) is 0.334. The van der Waals surface area contributed by atoms with E-state index in [9.17, 15) is 0 Å². The molecule has 0 aliphatic rings. The van der Waals surface area contributed by atoms with Gasteiger partial charge < -0.3 is 0 Å². The molecule has 0 aliphatic heterocycles. The Bertz CT molecular complexity index is 511. The smallest absolute Gasteiger partial charge is 0.0930 e. The average Bonchev–Trinajstić information content (AvgIpc) is 2.29. The van der Waals surface area contributed by atoms with Crippen LogP contribution in [-0.4, -0.2) is 0 Å². The Morgan fingerprint density at radius 1 is 0.882 bits per heavy atom. The summed E-state index contributed by atoms with van der Waals surface area (Å²) in [5.74, 6) is 5.06. The van der Waals surface area contributed by atoms with Crippen LogP contribution in [0.2, 0.25) is 10.0 Å². The molecule has 2 rings (SSSR count). The molecule has 0 spiro atoms. The summed E-state index contributed by atoms with van der Waals surface area (Å²) in [4.78, 5) is 4.61. The van der Waals surface area contributed by atoms with Gasteiger partial charge in [0.05, 0.1) is 6.61 Å². The lowest BCUT2D eigenvalue weighted by Gasteiger charge is -2.06. The van der Waals surface area contributed by atoms with E-state index in [0.29, 0.717) is 16.7 Å². The zero-order valence-corrected chi connectivity index (χ0v) is 10.5. The van der Waals surface area contributed by atoms with Gasteiger partial charge in [-0.05, 0) is 47.0 Å². The van der Waals surface area contributed by atoms with Gasteiger partial charge in [-0.15, -0.1) is 0 Å². The maximum atomic E-state index is 6.04. The molecule has 0 unspecified atom stereocenters. The van der Waals surface area contributed by atoms with Gasteiger partial charge in [0.1, 0.15) is 0 Å². The quantitative estimate of drug-likeness (QED) is 0.852. The third-order valence-corrected chi connectivity index (χ3v) is 2.86. The summed E-state index contributed by atoms with van der Waals surface area (Å²) in [7, 11) is 0.